The predicted molar refractivity (Wildman–Crippen MR) is 75.3 cm³/mol. The highest BCUT2D eigenvalue weighted by molar-refractivity contribution is 5.66. The standard InChI is InChI=1S/C15H21NO4/c1-9(2)10-7-13-14(20-6-5-19-13)8-11(10)12(16)3-4-15(17)18/h7-9,12H,3-6,16H2,1-2H3,(H,17,18). The van der Waals surface area contributed by atoms with Crippen LogP contribution in [0.3, 0.4) is 0 Å². The summed E-state index contributed by atoms with van der Waals surface area (Å²) in [5.74, 6) is 0.899. The molecule has 0 fully saturated rings. The number of aliphatic carboxylic acids is 1. The summed E-state index contributed by atoms with van der Waals surface area (Å²) in [6.45, 7) is 5.24. The van der Waals surface area contributed by atoms with Gasteiger partial charge in [-0.05, 0) is 35.6 Å². The SMILES string of the molecule is CC(C)c1cc2c(cc1C(N)CCC(=O)O)OCCO2. The van der Waals surface area contributed by atoms with E-state index in [9.17, 15) is 4.79 Å². The van der Waals surface area contributed by atoms with Crippen LogP contribution in [0.25, 0.3) is 0 Å². The molecule has 0 saturated carbocycles. The number of carboxylic acids is 1. The Bertz CT molecular complexity index is 499. The van der Waals surface area contributed by atoms with Gasteiger partial charge in [-0.3, -0.25) is 4.79 Å². The van der Waals surface area contributed by atoms with Crippen LogP contribution >= 0.6 is 0 Å². The minimum atomic E-state index is -0.830. The third-order valence-corrected chi connectivity index (χ3v) is 3.44. The number of ether oxygens (including phenoxy) is 2. The van der Waals surface area contributed by atoms with Crippen LogP contribution in [0.5, 0.6) is 11.5 Å². The van der Waals surface area contributed by atoms with E-state index in [0.29, 0.717) is 25.4 Å². The highest BCUT2D eigenvalue weighted by atomic mass is 16.6. The van der Waals surface area contributed by atoms with Crippen molar-refractivity contribution in [2.75, 3.05) is 13.2 Å². The summed E-state index contributed by atoms with van der Waals surface area (Å²) in [6.07, 6.45) is 0.474. The Kier molecular flexibility index (Phi) is 4.49. The lowest BCUT2D eigenvalue weighted by Gasteiger charge is -2.24. The molecule has 2 rings (SSSR count). The molecule has 1 aliphatic rings. The molecule has 0 bridgehead atoms. The van der Waals surface area contributed by atoms with Crippen LogP contribution in [0.4, 0.5) is 0 Å². The van der Waals surface area contributed by atoms with Gasteiger partial charge in [-0.2, -0.15) is 0 Å². The first kappa shape index (κ1) is 14.7. The van der Waals surface area contributed by atoms with Crippen LogP contribution < -0.4 is 15.2 Å². The zero-order valence-corrected chi connectivity index (χ0v) is 11.9. The molecular formula is C15H21NO4. The second kappa shape index (κ2) is 6.13. The van der Waals surface area contributed by atoms with Crippen molar-refractivity contribution in [1.82, 2.24) is 0 Å². The Morgan fingerprint density at radius 3 is 2.30 bits per heavy atom. The van der Waals surface area contributed by atoms with Crippen molar-refractivity contribution in [3.63, 3.8) is 0 Å². The predicted octanol–water partition coefficient (Wildman–Crippen LogP) is 2.45. The molecule has 0 saturated heterocycles. The fourth-order valence-corrected chi connectivity index (χ4v) is 2.38. The Hall–Kier alpha value is -1.75. The molecule has 1 aromatic carbocycles. The van der Waals surface area contributed by atoms with Gasteiger partial charge < -0.3 is 20.3 Å². The monoisotopic (exact) mass is 279 g/mol. The maximum Gasteiger partial charge on any atom is 0.303 e. The van der Waals surface area contributed by atoms with Crippen molar-refractivity contribution in [1.29, 1.82) is 0 Å². The molecule has 1 aromatic rings. The van der Waals surface area contributed by atoms with Gasteiger partial charge in [0.2, 0.25) is 0 Å². The van der Waals surface area contributed by atoms with Gasteiger partial charge in [-0.1, -0.05) is 13.8 Å². The van der Waals surface area contributed by atoms with Gasteiger partial charge in [0.05, 0.1) is 0 Å². The minimum Gasteiger partial charge on any atom is -0.486 e. The first-order chi connectivity index (χ1) is 9.49. The molecule has 1 atom stereocenters. The summed E-state index contributed by atoms with van der Waals surface area (Å²) in [5.41, 5.74) is 8.19. The minimum absolute atomic E-state index is 0.0626. The van der Waals surface area contributed by atoms with E-state index in [2.05, 4.69) is 13.8 Å². The van der Waals surface area contributed by atoms with E-state index >= 15 is 0 Å². The second-order valence-electron chi connectivity index (χ2n) is 5.32. The van der Waals surface area contributed by atoms with Gasteiger partial charge in [0.25, 0.3) is 0 Å². The molecule has 20 heavy (non-hydrogen) atoms. The highest BCUT2D eigenvalue weighted by Gasteiger charge is 2.21. The maximum atomic E-state index is 10.7. The first-order valence-corrected chi connectivity index (χ1v) is 6.90. The molecule has 5 nitrogen and oxygen atoms in total. The number of carbonyl (C=O) groups is 1. The third-order valence-electron chi connectivity index (χ3n) is 3.44. The van der Waals surface area contributed by atoms with E-state index in [1.54, 1.807) is 0 Å². The molecule has 0 amide bonds. The van der Waals surface area contributed by atoms with Crippen molar-refractivity contribution in [2.45, 2.75) is 38.6 Å². The Morgan fingerprint density at radius 1 is 1.25 bits per heavy atom. The van der Waals surface area contributed by atoms with Crippen molar-refractivity contribution in [2.24, 2.45) is 5.73 Å². The van der Waals surface area contributed by atoms with E-state index in [0.717, 1.165) is 16.9 Å². The van der Waals surface area contributed by atoms with E-state index in [-0.39, 0.29) is 18.4 Å². The molecule has 0 spiro atoms. The van der Waals surface area contributed by atoms with Crippen LogP contribution in [0.15, 0.2) is 12.1 Å². The number of carboxylic acid groups (broad SMARTS) is 1. The van der Waals surface area contributed by atoms with Gasteiger partial charge in [0.1, 0.15) is 13.2 Å². The Labute approximate surface area is 118 Å². The lowest BCUT2D eigenvalue weighted by atomic mass is 9.90. The lowest BCUT2D eigenvalue weighted by Crippen LogP contribution is -2.19. The molecule has 0 aromatic heterocycles. The Balaban J connectivity index is 2.31. The number of rotatable bonds is 5. The quantitative estimate of drug-likeness (QED) is 0.865. The van der Waals surface area contributed by atoms with Gasteiger partial charge in [0.15, 0.2) is 11.5 Å². The number of hydrogen-bond acceptors (Lipinski definition) is 4. The van der Waals surface area contributed by atoms with E-state index in [1.807, 2.05) is 12.1 Å². The number of benzene rings is 1. The summed E-state index contributed by atoms with van der Waals surface area (Å²) in [4.78, 5) is 10.7. The van der Waals surface area contributed by atoms with Gasteiger partial charge in [-0.15, -0.1) is 0 Å². The summed E-state index contributed by atoms with van der Waals surface area (Å²) < 4.78 is 11.2. The van der Waals surface area contributed by atoms with E-state index in [4.69, 9.17) is 20.3 Å². The van der Waals surface area contributed by atoms with E-state index < -0.39 is 5.97 Å². The molecule has 3 N–H and O–H groups in total. The van der Waals surface area contributed by atoms with Crippen molar-refractivity contribution in [3.8, 4) is 11.5 Å². The Morgan fingerprint density at radius 2 is 1.80 bits per heavy atom. The number of nitrogens with two attached hydrogens (primary N) is 1. The molecule has 1 unspecified atom stereocenters. The first-order valence-electron chi connectivity index (χ1n) is 6.90. The van der Waals surface area contributed by atoms with E-state index in [1.165, 1.54) is 0 Å². The van der Waals surface area contributed by atoms with Crippen molar-refractivity contribution >= 4 is 5.97 Å². The molecule has 5 heteroatoms. The number of fused-ring (bicyclic) bond motifs is 1. The summed E-state index contributed by atoms with van der Waals surface area (Å²) in [6, 6.07) is 3.56. The van der Waals surface area contributed by atoms with Gasteiger partial charge in [-0.25, -0.2) is 0 Å². The van der Waals surface area contributed by atoms with Gasteiger partial charge in [0, 0.05) is 12.5 Å². The number of hydrogen-bond donors (Lipinski definition) is 2. The largest absolute Gasteiger partial charge is 0.486 e. The fourth-order valence-electron chi connectivity index (χ4n) is 2.38. The zero-order valence-electron chi connectivity index (χ0n) is 11.9. The topological polar surface area (TPSA) is 81.8 Å². The average molecular weight is 279 g/mol. The molecule has 0 radical (unpaired) electrons. The molecule has 0 aliphatic carbocycles. The van der Waals surface area contributed by atoms with Crippen LogP contribution in [0.2, 0.25) is 0 Å². The molecule has 1 aliphatic heterocycles. The van der Waals surface area contributed by atoms with Crippen LogP contribution in [0.1, 0.15) is 49.8 Å². The molecule has 110 valence electrons. The highest BCUT2D eigenvalue weighted by Crippen LogP contribution is 2.38. The van der Waals surface area contributed by atoms with Gasteiger partial charge >= 0.3 is 5.97 Å². The second-order valence-corrected chi connectivity index (χ2v) is 5.32. The van der Waals surface area contributed by atoms with Crippen LogP contribution in [0, 0.1) is 0 Å². The summed E-state index contributed by atoms with van der Waals surface area (Å²) >= 11 is 0. The average Bonchev–Trinajstić information content (AvgIpc) is 2.43. The van der Waals surface area contributed by atoms with Crippen LogP contribution in [-0.2, 0) is 4.79 Å². The maximum absolute atomic E-state index is 10.7. The smallest absolute Gasteiger partial charge is 0.303 e. The zero-order chi connectivity index (χ0) is 14.7. The van der Waals surface area contributed by atoms with Crippen molar-refractivity contribution in [3.05, 3.63) is 23.3 Å². The lowest BCUT2D eigenvalue weighted by molar-refractivity contribution is -0.137. The summed E-state index contributed by atoms with van der Waals surface area (Å²) in [5, 5.41) is 8.78. The molecular weight excluding hydrogens is 258 g/mol. The van der Waals surface area contributed by atoms with Crippen molar-refractivity contribution < 1.29 is 19.4 Å². The molecule has 1 heterocycles. The summed E-state index contributed by atoms with van der Waals surface area (Å²) in [7, 11) is 0. The normalized spacial score (nSPS) is 15.2. The fraction of sp³-hybridized carbons (Fsp3) is 0.533. The third kappa shape index (κ3) is 3.22. The van der Waals surface area contributed by atoms with Crippen LogP contribution in [-0.4, -0.2) is 24.3 Å².